The van der Waals surface area contributed by atoms with Gasteiger partial charge in [-0.3, -0.25) is 0 Å². The van der Waals surface area contributed by atoms with Gasteiger partial charge in [-0.2, -0.15) is 5.10 Å². The van der Waals surface area contributed by atoms with E-state index in [2.05, 4.69) is 10.1 Å². The Morgan fingerprint density at radius 2 is 2.20 bits per heavy atom. The van der Waals surface area contributed by atoms with Gasteiger partial charge in [0.25, 0.3) is 0 Å². The molecule has 2 aromatic rings. The summed E-state index contributed by atoms with van der Waals surface area (Å²) in [7, 11) is 0. The van der Waals surface area contributed by atoms with Gasteiger partial charge in [-0.15, -0.1) is 0 Å². The maximum atomic E-state index is 8.97. The van der Waals surface area contributed by atoms with Gasteiger partial charge in [-0.1, -0.05) is 0 Å². The highest BCUT2D eigenvalue weighted by Gasteiger charge is 2.04. The molecule has 0 radical (unpaired) electrons. The zero-order valence-corrected chi connectivity index (χ0v) is 8.81. The van der Waals surface area contributed by atoms with E-state index < -0.39 is 0 Å². The molecule has 0 aromatic carbocycles. The average Bonchev–Trinajstić information content (AvgIpc) is 2.64. The predicted molar refractivity (Wildman–Crippen MR) is 56.8 cm³/mol. The number of rotatable bonds is 2. The smallest absolute Gasteiger partial charge is 0.156 e. The second kappa shape index (κ2) is 3.82. The number of aromatic nitrogens is 3. The Balaban J connectivity index is 2.45. The van der Waals surface area contributed by atoms with Crippen molar-refractivity contribution in [2.24, 2.45) is 0 Å². The summed E-state index contributed by atoms with van der Waals surface area (Å²) in [6.07, 6.45) is 3.54. The van der Waals surface area contributed by atoms with Gasteiger partial charge in [0, 0.05) is 12.4 Å². The van der Waals surface area contributed by atoms with Crippen LogP contribution in [0.3, 0.4) is 0 Å². The number of hydrogen-bond donors (Lipinski definition) is 1. The fourth-order valence-electron chi connectivity index (χ4n) is 1.49. The van der Waals surface area contributed by atoms with Crippen molar-refractivity contribution in [3.05, 3.63) is 41.3 Å². The van der Waals surface area contributed by atoms with Gasteiger partial charge in [-0.05, 0) is 37.1 Å². The first-order valence-electron chi connectivity index (χ1n) is 4.80. The first-order valence-corrected chi connectivity index (χ1v) is 4.80. The molecule has 0 spiro atoms. The Kier molecular flexibility index (Phi) is 2.51. The van der Waals surface area contributed by atoms with Crippen LogP contribution < -0.4 is 0 Å². The Morgan fingerprint density at radius 1 is 1.40 bits per heavy atom. The fraction of sp³-hybridized carbons (Fsp3) is 0.273. The van der Waals surface area contributed by atoms with Crippen LogP contribution in [0.1, 0.15) is 16.8 Å². The van der Waals surface area contributed by atoms with Crippen molar-refractivity contribution in [3.63, 3.8) is 0 Å². The van der Waals surface area contributed by atoms with Gasteiger partial charge in [-0.25, -0.2) is 9.67 Å². The molecule has 2 heterocycles. The fourth-order valence-corrected chi connectivity index (χ4v) is 1.49. The van der Waals surface area contributed by atoms with Crippen molar-refractivity contribution >= 4 is 0 Å². The minimum atomic E-state index is 0.0201. The Labute approximate surface area is 88.2 Å². The third-order valence-electron chi connectivity index (χ3n) is 2.23. The molecule has 0 aliphatic carbocycles. The molecule has 0 fully saturated rings. The molecule has 2 aromatic heterocycles. The lowest BCUT2D eigenvalue weighted by Gasteiger charge is -2.05. The van der Waals surface area contributed by atoms with E-state index in [1.807, 2.05) is 32.2 Å². The van der Waals surface area contributed by atoms with E-state index in [0.717, 1.165) is 22.6 Å². The third-order valence-corrected chi connectivity index (χ3v) is 2.23. The van der Waals surface area contributed by atoms with Crippen molar-refractivity contribution in [2.75, 3.05) is 0 Å². The van der Waals surface area contributed by atoms with Crippen molar-refractivity contribution < 1.29 is 5.11 Å². The van der Waals surface area contributed by atoms with Crippen molar-refractivity contribution in [3.8, 4) is 5.82 Å². The molecule has 4 heteroatoms. The van der Waals surface area contributed by atoms with Gasteiger partial charge in [0.2, 0.25) is 0 Å². The van der Waals surface area contributed by atoms with Crippen LogP contribution in [0.25, 0.3) is 5.82 Å². The molecule has 0 saturated carbocycles. The number of aliphatic hydroxyl groups excluding tert-OH is 1. The molecule has 78 valence electrons. The van der Waals surface area contributed by atoms with E-state index in [1.165, 1.54) is 0 Å². The van der Waals surface area contributed by atoms with Gasteiger partial charge in [0.05, 0.1) is 12.3 Å². The van der Waals surface area contributed by atoms with Crippen LogP contribution in [0.15, 0.2) is 24.5 Å². The second-order valence-electron chi connectivity index (χ2n) is 3.54. The van der Waals surface area contributed by atoms with Crippen LogP contribution in [-0.4, -0.2) is 19.9 Å². The van der Waals surface area contributed by atoms with Crippen LogP contribution in [0.2, 0.25) is 0 Å². The average molecular weight is 203 g/mol. The van der Waals surface area contributed by atoms with Gasteiger partial charge < -0.3 is 5.11 Å². The second-order valence-corrected chi connectivity index (χ2v) is 3.54. The van der Waals surface area contributed by atoms with Gasteiger partial charge in [0.1, 0.15) is 0 Å². The summed E-state index contributed by atoms with van der Waals surface area (Å²) < 4.78 is 1.74. The summed E-state index contributed by atoms with van der Waals surface area (Å²) in [4.78, 5) is 4.27. The first kappa shape index (κ1) is 9.86. The minimum Gasteiger partial charge on any atom is -0.392 e. The monoisotopic (exact) mass is 203 g/mol. The van der Waals surface area contributed by atoms with E-state index in [4.69, 9.17) is 5.11 Å². The van der Waals surface area contributed by atoms with Crippen molar-refractivity contribution in [1.29, 1.82) is 0 Å². The molecule has 1 N–H and O–H groups in total. The Bertz CT molecular complexity index is 476. The standard InChI is InChI=1S/C11H13N3O/c1-8-5-10(7-15)6-12-11(8)14-4-3-9(2)13-14/h3-6,15H,7H2,1-2H3. The van der Waals surface area contributed by atoms with Crippen molar-refractivity contribution in [2.45, 2.75) is 20.5 Å². The van der Waals surface area contributed by atoms with Crippen LogP contribution in [-0.2, 0) is 6.61 Å². The predicted octanol–water partition coefficient (Wildman–Crippen LogP) is 1.38. The molecule has 0 bridgehead atoms. The number of hydrogen-bond acceptors (Lipinski definition) is 3. The van der Waals surface area contributed by atoms with E-state index in [0.29, 0.717) is 0 Å². The minimum absolute atomic E-state index is 0.0201. The van der Waals surface area contributed by atoms with Gasteiger partial charge >= 0.3 is 0 Å². The summed E-state index contributed by atoms with van der Waals surface area (Å²) in [5, 5.41) is 13.3. The third kappa shape index (κ3) is 1.89. The molecular weight excluding hydrogens is 190 g/mol. The highest BCUT2D eigenvalue weighted by Crippen LogP contribution is 2.12. The summed E-state index contributed by atoms with van der Waals surface area (Å²) in [5.41, 5.74) is 2.78. The SMILES string of the molecule is Cc1ccn(-c2ncc(CO)cc2C)n1. The normalized spacial score (nSPS) is 10.6. The highest BCUT2D eigenvalue weighted by molar-refractivity contribution is 5.34. The molecular formula is C11H13N3O. The Hall–Kier alpha value is -1.68. The lowest BCUT2D eigenvalue weighted by molar-refractivity contribution is 0.281. The van der Waals surface area contributed by atoms with Crippen LogP contribution in [0.4, 0.5) is 0 Å². The molecule has 15 heavy (non-hydrogen) atoms. The largest absolute Gasteiger partial charge is 0.392 e. The maximum absolute atomic E-state index is 8.97. The van der Waals surface area contributed by atoms with Crippen molar-refractivity contribution in [1.82, 2.24) is 14.8 Å². The van der Waals surface area contributed by atoms with E-state index >= 15 is 0 Å². The molecule has 0 aliphatic rings. The quantitative estimate of drug-likeness (QED) is 0.802. The van der Waals surface area contributed by atoms with E-state index in [-0.39, 0.29) is 6.61 Å². The molecule has 0 aliphatic heterocycles. The lowest BCUT2D eigenvalue weighted by Crippen LogP contribution is -2.02. The molecule has 0 unspecified atom stereocenters. The van der Waals surface area contributed by atoms with E-state index in [1.54, 1.807) is 10.9 Å². The summed E-state index contributed by atoms with van der Waals surface area (Å²) >= 11 is 0. The van der Waals surface area contributed by atoms with E-state index in [9.17, 15) is 0 Å². The van der Waals surface area contributed by atoms with Gasteiger partial charge in [0.15, 0.2) is 5.82 Å². The number of pyridine rings is 1. The molecule has 0 saturated heterocycles. The Morgan fingerprint density at radius 3 is 2.73 bits per heavy atom. The summed E-state index contributed by atoms with van der Waals surface area (Å²) in [6, 6.07) is 3.85. The molecule has 0 atom stereocenters. The summed E-state index contributed by atoms with van der Waals surface area (Å²) in [5.74, 6) is 0.806. The molecule has 4 nitrogen and oxygen atoms in total. The first-order chi connectivity index (χ1) is 7.20. The topological polar surface area (TPSA) is 50.9 Å². The van der Waals surface area contributed by atoms with Crippen LogP contribution in [0, 0.1) is 13.8 Å². The zero-order chi connectivity index (χ0) is 10.8. The number of aliphatic hydroxyl groups is 1. The summed E-state index contributed by atoms with van der Waals surface area (Å²) in [6.45, 7) is 3.92. The number of aryl methyl sites for hydroxylation is 2. The zero-order valence-electron chi connectivity index (χ0n) is 8.81. The highest BCUT2D eigenvalue weighted by atomic mass is 16.3. The van der Waals surface area contributed by atoms with Crippen LogP contribution in [0.5, 0.6) is 0 Å². The molecule has 2 rings (SSSR count). The number of nitrogens with zero attached hydrogens (tertiary/aromatic N) is 3. The van der Waals surface area contributed by atoms with Crippen LogP contribution >= 0.6 is 0 Å². The molecule has 0 amide bonds. The maximum Gasteiger partial charge on any atom is 0.156 e. The lowest BCUT2D eigenvalue weighted by atomic mass is 10.2.